The standard InChI is InChI=1S/C28H27N3O3S/c1-16-20(10-12-26(32)33)17(2)29-24(16)14-22-21-13-19(9-11-23(21)30-27(22)34)25-15-35-28(31-25)18-7-5-3-4-6-8-18/h5,7-9,11,13-15,29H,3-4,6,10,12H2,1-2H3,(H,30,34)(H,32,33)/b22-14-. The van der Waals surface area contributed by atoms with Crippen molar-refractivity contribution in [2.75, 3.05) is 5.32 Å². The molecule has 0 saturated heterocycles. The fraction of sp³-hybridized carbons (Fsp3) is 0.250. The number of carbonyl (C=O) groups is 2. The van der Waals surface area contributed by atoms with E-state index in [9.17, 15) is 9.59 Å². The number of allylic oxidation sites excluding steroid dienone is 4. The van der Waals surface area contributed by atoms with Crippen LogP contribution >= 0.6 is 11.3 Å². The lowest BCUT2D eigenvalue weighted by Gasteiger charge is -2.03. The normalized spacial score (nSPS) is 16.2. The number of carbonyl (C=O) groups excluding carboxylic acids is 1. The van der Waals surface area contributed by atoms with Gasteiger partial charge in [0, 0.05) is 45.6 Å². The van der Waals surface area contributed by atoms with Crippen molar-refractivity contribution in [2.24, 2.45) is 0 Å². The predicted octanol–water partition coefficient (Wildman–Crippen LogP) is 6.39. The number of carboxylic acids is 1. The first-order chi connectivity index (χ1) is 16.9. The molecule has 1 aromatic carbocycles. The summed E-state index contributed by atoms with van der Waals surface area (Å²) in [5.74, 6) is -0.971. The number of nitrogens with zero attached hydrogens (tertiary/aromatic N) is 1. The number of nitrogens with one attached hydrogen (secondary N) is 2. The zero-order chi connectivity index (χ0) is 24.5. The maximum Gasteiger partial charge on any atom is 0.303 e. The Labute approximate surface area is 208 Å². The Bertz CT molecular complexity index is 1420. The Hall–Kier alpha value is -3.71. The molecule has 1 aliphatic heterocycles. The topological polar surface area (TPSA) is 95.1 Å². The summed E-state index contributed by atoms with van der Waals surface area (Å²) in [5, 5.41) is 15.1. The SMILES string of the molecule is Cc1[nH]c(/C=C2\C(=O)Nc3ccc(-c4csc(C5=CCCCC=C5)n4)cc32)c(C)c1CCC(=O)O. The van der Waals surface area contributed by atoms with E-state index in [1.54, 1.807) is 11.3 Å². The lowest BCUT2D eigenvalue weighted by atomic mass is 10.00. The van der Waals surface area contributed by atoms with Crippen molar-refractivity contribution in [3.8, 4) is 11.3 Å². The van der Waals surface area contributed by atoms with Gasteiger partial charge in [0.2, 0.25) is 0 Å². The van der Waals surface area contributed by atoms with E-state index in [0.29, 0.717) is 12.0 Å². The summed E-state index contributed by atoms with van der Waals surface area (Å²) < 4.78 is 0. The van der Waals surface area contributed by atoms with Crippen molar-refractivity contribution in [2.45, 2.75) is 46.0 Å². The van der Waals surface area contributed by atoms with Gasteiger partial charge in [-0.15, -0.1) is 11.3 Å². The smallest absolute Gasteiger partial charge is 0.303 e. The first-order valence-corrected chi connectivity index (χ1v) is 12.7. The largest absolute Gasteiger partial charge is 0.481 e. The highest BCUT2D eigenvalue weighted by atomic mass is 32.1. The van der Waals surface area contributed by atoms with E-state index in [0.717, 1.165) is 62.9 Å². The van der Waals surface area contributed by atoms with Gasteiger partial charge in [-0.1, -0.05) is 24.3 Å². The molecule has 5 rings (SSSR count). The van der Waals surface area contributed by atoms with Gasteiger partial charge >= 0.3 is 5.97 Å². The van der Waals surface area contributed by atoms with Gasteiger partial charge in [-0.2, -0.15) is 0 Å². The van der Waals surface area contributed by atoms with Crippen LogP contribution in [0.2, 0.25) is 0 Å². The number of hydrogen-bond donors (Lipinski definition) is 3. The van der Waals surface area contributed by atoms with Crippen molar-refractivity contribution >= 4 is 46.1 Å². The van der Waals surface area contributed by atoms with Gasteiger partial charge in [-0.05, 0) is 68.9 Å². The molecule has 3 N–H and O–H groups in total. The number of anilines is 1. The number of amides is 1. The van der Waals surface area contributed by atoms with Crippen molar-refractivity contribution in [3.05, 3.63) is 74.9 Å². The van der Waals surface area contributed by atoms with Crippen LogP contribution in [0, 0.1) is 13.8 Å². The molecule has 1 aliphatic carbocycles. The molecule has 6 nitrogen and oxygen atoms in total. The third kappa shape index (κ3) is 4.64. The van der Waals surface area contributed by atoms with Crippen molar-refractivity contribution in [3.63, 3.8) is 0 Å². The second-order valence-electron chi connectivity index (χ2n) is 8.96. The number of aromatic amines is 1. The van der Waals surface area contributed by atoms with E-state index >= 15 is 0 Å². The first-order valence-electron chi connectivity index (χ1n) is 11.8. The van der Waals surface area contributed by atoms with E-state index in [1.165, 1.54) is 12.0 Å². The van der Waals surface area contributed by atoms with E-state index < -0.39 is 5.97 Å². The van der Waals surface area contributed by atoms with Gasteiger partial charge in [0.25, 0.3) is 5.91 Å². The zero-order valence-corrected chi connectivity index (χ0v) is 20.6. The first kappa shape index (κ1) is 23.1. The third-order valence-corrected chi connectivity index (χ3v) is 7.49. The zero-order valence-electron chi connectivity index (χ0n) is 19.8. The highest BCUT2D eigenvalue weighted by Crippen LogP contribution is 2.38. The van der Waals surface area contributed by atoms with E-state index in [-0.39, 0.29) is 12.3 Å². The molecule has 1 amide bonds. The van der Waals surface area contributed by atoms with Gasteiger partial charge < -0.3 is 15.4 Å². The lowest BCUT2D eigenvalue weighted by molar-refractivity contribution is -0.137. The van der Waals surface area contributed by atoms with Gasteiger partial charge in [0.1, 0.15) is 5.01 Å². The highest BCUT2D eigenvalue weighted by molar-refractivity contribution is 7.11. The molecule has 35 heavy (non-hydrogen) atoms. The van der Waals surface area contributed by atoms with Crippen LogP contribution in [0.5, 0.6) is 0 Å². The van der Waals surface area contributed by atoms with Crippen molar-refractivity contribution < 1.29 is 14.7 Å². The number of rotatable bonds is 6. The average molecular weight is 486 g/mol. The molecule has 3 aromatic rings. The molecule has 2 aromatic heterocycles. The number of thiazole rings is 1. The number of fused-ring (bicyclic) bond motifs is 1. The molecule has 0 radical (unpaired) electrons. The second-order valence-corrected chi connectivity index (χ2v) is 9.82. The summed E-state index contributed by atoms with van der Waals surface area (Å²) in [6, 6.07) is 5.94. The van der Waals surface area contributed by atoms with E-state index in [4.69, 9.17) is 10.1 Å². The molecule has 178 valence electrons. The number of aromatic nitrogens is 2. The summed E-state index contributed by atoms with van der Waals surface area (Å²) in [6.45, 7) is 3.90. The average Bonchev–Trinajstić information content (AvgIpc) is 3.42. The summed E-state index contributed by atoms with van der Waals surface area (Å²) in [7, 11) is 0. The number of aliphatic carboxylic acids is 1. The van der Waals surface area contributed by atoms with Gasteiger partial charge in [0.05, 0.1) is 11.3 Å². The van der Waals surface area contributed by atoms with Crippen LogP contribution in [-0.2, 0) is 16.0 Å². The Morgan fingerprint density at radius 1 is 1.26 bits per heavy atom. The van der Waals surface area contributed by atoms with Crippen molar-refractivity contribution in [1.29, 1.82) is 0 Å². The third-order valence-electron chi connectivity index (χ3n) is 6.60. The highest BCUT2D eigenvalue weighted by Gasteiger charge is 2.26. The summed E-state index contributed by atoms with van der Waals surface area (Å²) in [5.41, 5.74) is 8.97. The number of hydrogen-bond acceptors (Lipinski definition) is 4. The Morgan fingerprint density at radius 3 is 2.94 bits per heavy atom. The molecule has 0 unspecified atom stereocenters. The monoisotopic (exact) mass is 485 g/mol. The fourth-order valence-corrected chi connectivity index (χ4v) is 5.52. The Kier molecular flexibility index (Phi) is 6.26. The van der Waals surface area contributed by atoms with Crippen LogP contribution in [0.1, 0.15) is 58.8 Å². The molecule has 0 spiro atoms. The van der Waals surface area contributed by atoms with Crippen LogP contribution in [0.4, 0.5) is 5.69 Å². The number of carboxylic acid groups (broad SMARTS) is 1. The molecule has 0 fully saturated rings. The number of H-pyrrole nitrogens is 1. The van der Waals surface area contributed by atoms with Crippen LogP contribution in [0.3, 0.4) is 0 Å². The molecular weight excluding hydrogens is 458 g/mol. The molecule has 2 aliphatic rings. The van der Waals surface area contributed by atoms with Gasteiger partial charge in [-0.3, -0.25) is 9.59 Å². The van der Waals surface area contributed by atoms with Crippen LogP contribution in [-0.4, -0.2) is 27.0 Å². The quantitative estimate of drug-likeness (QED) is 0.353. The minimum absolute atomic E-state index is 0.0740. The molecule has 7 heteroatoms. The van der Waals surface area contributed by atoms with Gasteiger partial charge in [0.15, 0.2) is 0 Å². The van der Waals surface area contributed by atoms with Crippen molar-refractivity contribution in [1.82, 2.24) is 9.97 Å². The lowest BCUT2D eigenvalue weighted by Crippen LogP contribution is -2.03. The minimum atomic E-state index is -0.821. The van der Waals surface area contributed by atoms with Crippen LogP contribution in [0.25, 0.3) is 28.5 Å². The minimum Gasteiger partial charge on any atom is -0.481 e. The van der Waals surface area contributed by atoms with Gasteiger partial charge in [-0.25, -0.2) is 4.98 Å². The maximum absolute atomic E-state index is 12.8. The van der Waals surface area contributed by atoms with E-state index in [1.807, 2.05) is 38.1 Å². The number of benzene rings is 1. The fourth-order valence-electron chi connectivity index (χ4n) is 4.67. The maximum atomic E-state index is 12.8. The molecular formula is C28H27N3O3S. The van der Waals surface area contributed by atoms with Crippen LogP contribution < -0.4 is 5.32 Å². The van der Waals surface area contributed by atoms with E-state index in [2.05, 4.69) is 33.9 Å². The molecule has 0 saturated carbocycles. The summed E-state index contributed by atoms with van der Waals surface area (Å²) in [4.78, 5) is 32.1. The molecule has 3 heterocycles. The van der Waals surface area contributed by atoms with Crippen LogP contribution in [0.15, 0.2) is 41.8 Å². The second kappa shape index (κ2) is 9.50. The Balaban J connectivity index is 1.48. The Morgan fingerprint density at radius 2 is 2.11 bits per heavy atom. The summed E-state index contributed by atoms with van der Waals surface area (Å²) >= 11 is 1.64. The molecule has 0 atom stereocenters. The number of aryl methyl sites for hydroxylation is 1. The molecule has 0 bridgehead atoms. The predicted molar refractivity (Wildman–Crippen MR) is 141 cm³/mol. The summed E-state index contributed by atoms with van der Waals surface area (Å²) in [6.07, 6.45) is 12.3.